The highest BCUT2D eigenvalue weighted by Gasteiger charge is 2.25. The van der Waals surface area contributed by atoms with Gasteiger partial charge in [0.25, 0.3) is 11.8 Å². The molecule has 1 N–H and O–H groups in total. The first-order valence-corrected chi connectivity index (χ1v) is 10.5. The highest BCUT2D eigenvalue weighted by Crippen LogP contribution is 2.19. The van der Waals surface area contributed by atoms with Crippen LogP contribution in [0, 0.1) is 0 Å². The van der Waals surface area contributed by atoms with Crippen molar-refractivity contribution in [2.45, 2.75) is 58.4 Å². The van der Waals surface area contributed by atoms with E-state index in [0.717, 1.165) is 38.5 Å². The monoisotopic (exact) mass is 404 g/mol. The molecule has 1 atom stereocenters. The van der Waals surface area contributed by atoms with Crippen LogP contribution in [-0.4, -0.2) is 55.0 Å². The molecule has 0 radical (unpaired) electrons. The fourth-order valence-electron chi connectivity index (χ4n) is 3.32. The lowest BCUT2D eigenvalue weighted by molar-refractivity contribution is -0.152. The highest BCUT2D eigenvalue weighted by atomic mass is 16.5. The van der Waals surface area contributed by atoms with Crippen molar-refractivity contribution in [1.29, 1.82) is 0 Å². The molecule has 1 aromatic carbocycles. The SMILES string of the molecule is CCCCOc1ccc(C(=O)NCC(=O)OCC(=O)N2CCCCC2CC)cc1. The number of unbranched alkanes of at least 4 members (excludes halogenated alkanes) is 1. The van der Waals surface area contributed by atoms with E-state index in [1.165, 1.54) is 0 Å². The van der Waals surface area contributed by atoms with Gasteiger partial charge >= 0.3 is 5.97 Å². The summed E-state index contributed by atoms with van der Waals surface area (Å²) in [5.74, 6) is -0.474. The van der Waals surface area contributed by atoms with Gasteiger partial charge in [0.2, 0.25) is 0 Å². The maximum Gasteiger partial charge on any atom is 0.325 e. The third kappa shape index (κ3) is 7.40. The number of esters is 1. The van der Waals surface area contributed by atoms with Crippen molar-refractivity contribution >= 4 is 17.8 Å². The summed E-state index contributed by atoms with van der Waals surface area (Å²) < 4.78 is 10.6. The fraction of sp³-hybridized carbons (Fsp3) is 0.591. The van der Waals surface area contributed by atoms with Crippen LogP contribution in [0.15, 0.2) is 24.3 Å². The summed E-state index contributed by atoms with van der Waals surface area (Å²) in [6.45, 7) is 4.94. The van der Waals surface area contributed by atoms with Crippen molar-refractivity contribution in [3.05, 3.63) is 29.8 Å². The Morgan fingerprint density at radius 2 is 1.90 bits per heavy atom. The molecule has 0 aromatic heterocycles. The summed E-state index contributed by atoms with van der Waals surface area (Å²) in [4.78, 5) is 38.2. The van der Waals surface area contributed by atoms with E-state index >= 15 is 0 Å². The molecule has 0 bridgehead atoms. The minimum atomic E-state index is -0.628. The van der Waals surface area contributed by atoms with E-state index in [1.54, 1.807) is 29.2 Å². The third-order valence-electron chi connectivity index (χ3n) is 5.05. The Morgan fingerprint density at radius 3 is 2.59 bits per heavy atom. The van der Waals surface area contributed by atoms with Crippen molar-refractivity contribution in [3.63, 3.8) is 0 Å². The Kier molecular flexibility index (Phi) is 9.47. The van der Waals surface area contributed by atoms with Crippen molar-refractivity contribution in [3.8, 4) is 5.75 Å². The Labute approximate surface area is 172 Å². The zero-order valence-corrected chi connectivity index (χ0v) is 17.4. The van der Waals surface area contributed by atoms with Crippen LogP contribution >= 0.6 is 0 Å². The second-order valence-electron chi connectivity index (χ2n) is 7.21. The van der Waals surface area contributed by atoms with Crippen molar-refractivity contribution in [2.24, 2.45) is 0 Å². The van der Waals surface area contributed by atoms with E-state index < -0.39 is 5.97 Å². The van der Waals surface area contributed by atoms with Gasteiger partial charge in [-0.1, -0.05) is 20.3 Å². The molecule has 160 valence electrons. The smallest absolute Gasteiger partial charge is 0.325 e. The number of likely N-dealkylation sites (tertiary alicyclic amines) is 1. The van der Waals surface area contributed by atoms with E-state index in [1.807, 2.05) is 0 Å². The molecule has 2 rings (SSSR count). The molecule has 1 unspecified atom stereocenters. The Morgan fingerprint density at radius 1 is 1.14 bits per heavy atom. The molecule has 1 aromatic rings. The number of hydrogen-bond donors (Lipinski definition) is 1. The molecule has 0 saturated carbocycles. The van der Waals surface area contributed by atoms with Gasteiger partial charge < -0.3 is 19.7 Å². The number of ether oxygens (including phenoxy) is 2. The van der Waals surface area contributed by atoms with Crippen molar-refractivity contribution in [2.75, 3.05) is 26.3 Å². The van der Waals surface area contributed by atoms with E-state index in [-0.39, 0.29) is 31.0 Å². The number of carbonyl (C=O) groups excluding carboxylic acids is 3. The number of rotatable bonds is 10. The van der Waals surface area contributed by atoms with Gasteiger partial charge in [0, 0.05) is 18.2 Å². The van der Waals surface area contributed by atoms with Gasteiger partial charge in [-0.2, -0.15) is 0 Å². The summed E-state index contributed by atoms with van der Waals surface area (Å²) >= 11 is 0. The molecule has 1 aliphatic rings. The summed E-state index contributed by atoms with van der Waals surface area (Å²) in [6.07, 6.45) is 6.03. The summed E-state index contributed by atoms with van der Waals surface area (Å²) in [7, 11) is 0. The lowest BCUT2D eigenvalue weighted by atomic mass is 10.00. The van der Waals surface area contributed by atoms with Gasteiger partial charge in [-0.25, -0.2) is 0 Å². The summed E-state index contributed by atoms with van der Waals surface area (Å²) in [6, 6.07) is 6.97. The lowest BCUT2D eigenvalue weighted by Crippen LogP contribution is -2.45. The molecule has 0 aliphatic carbocycles. The molecule has 1 fully saturated rings. The maximum absolute atomic E-state index is 12.3. The van der Waals surface area contributed by atoms with Crippen LogP contribution in [0.5, 0.6) is 5.75 Å². The van der Waals surface area contributed by atoms with Crippen molar-refractivity contribution in [1.82, 2.24) is 10.2 Å². The quantitative estimate of drug-likeness (QED) is 0.479. The second-order valence-corrected chi connectivity index (χ2v) is 7.21. The number of piperidine rings is 1. The van der Waals surface area contributed by atoms with Crippen LogP contribution in [0.3, 0.4) is 0 Å². The predicted molar refractivity (Wildman–Crippen MR) is 110 cm³/mol. The zero-order valence-electron chi connectivity index (χ0n) is 17.4. The molecular weight excluding hydrogens is 372 g/mol. The van der Waals surface area contributed by atoms with Crippen LogP contribution in [0.4, 0.5) is 0 Å². The minimum absolute atomic E-state index is 0.171. The van der Waals surface area contributed by atoms with Gasteiger partial charge in [-0.05, 0) is 56.4 Å². The second kappa shape index (κ2) is 12.1. The maximum atomic E-state index is 12.3. The largest absolute Gasteiger partial charge is 0.494 e. The van der Waals surface area contributed by atoms with Gasteiger partial charge in [0.15, 0.2) is 6.61 Å². The van der Waals surface area contributed by atoms with Crippen LogP contribution in [-0.2, 0) is 14.3 Å². The summed E-state index contributed by atoms with van der Waals surface area (Å²) in [5, 5.41) is 2.51. The number of nitrogens with zero attached hydrogens (tertiary/aromatic N) is 1. The number of amides is 2. The number of hydrogen-bond acceptors (Lipinski definition) is 5. The minimum Gasteiger partial charge on any atom is -0.494 e. The van der Waals surface area contributed by atoms with Gasteiger partial charge in [-0.3, -0.25) is 14.4 Å². The molecular formula is C22H32N2O5. The Bertz CT molecular complexity index is 674. The Balaban J connectivity index is 1.71. The first kappa shape index (κ1) is 22.7. The topological polar surface area (TPSA) is 84.9 Å². The molecule has 1 aliphatic heterocycles. The van der Waals surface area contributed by atoms with Crippen LogP contribution < -0.4 is 10.1 Å². The van der Waals surface area contributed by atoms with Gasteiger partial charge in [0.1, 0.15) is 12.3 Å². The first-order valence-electron chi connectivity index (χ1n) is 10.5. The molecule has 29 heavy (non-hydrogen) atoms. The third-order valence-corrected chi connectivity index (χ3v) is 5.05. The molecule has 1 saturated heterocycles. The normalized spacial score (nSPS) is 16.2. The Hall–Kier alpha value is -2.57. The van der Waals surface area contributed by atoms with E-state index in [0.29, 0.717) is 24.5 Å². The summed E-state index contributed by atoms with van der Waals surface area (Å²) in [5.41, 5.74) is 0.427. The van der Waals surface area contributed by atoms with Crippen LogP contribution in [0.1, 0.15) is 62.7 Å². The first-order chi connectivity index (χ1) is 14.0. The van der Waals surface area contributed by atoms with Crippen molar-refractivity contribution < 1.29 is 23.9 Å². The molecule has 0 spiro atoms. The number of benzene rings is 1. The van der Waals surface area contributed by atoms with Gasteiger partial charge in [-0.15, -0.1) is 0 Å². The molecule has 1 heterocycles. The van der Waals surface area contributed by atoms with Crippen LogP contribution in [0.25, 0.3) is 0 Å². The average Bonchev–Trinajstić information content (AvgIpc) is 2.76. The van der Waals surface area contributed by atoms with E-state index in [9.17, 15) is 14.4 Å². The number of nitrogens with one attached hydrogen (secondary N) is 1. The van der Waals surface area contributed by atoms with E-state index in [4.69, 9.17) is 9.47 Å². The fourth-order valence-corrected chi connectivity index (χ4v) is 3.32. The predicted octanol–water partition coefficient (Wildman–Crippen LogP) is 2.93. The molecule has 2 amide bonds. The number of carbonyl (C=O) groups is 3. The van der Waals surface area contributed by atoms with Gasteiger partial charge in [0.05, 0.1) is 6.61 Å². The van der Waals surface area contributed by atoms with Crippen LogP contribution in [0.2, 0.25) is 0 Å². The average molecular weight is 405 g/mol. The molecule has 7 heteroatoms. The standard InChI is InChI=1S/C22H32N2O5/c1-3-5-14-28-19-11-9-17(10-12-19)22(27)23-15-21(26)29-16-20(25)24-13-7-6-8-18(24)4-2/h9-12,18H,3-8,13-16H2,1-2H3,(H,23,27). The van der Waals surface area contributed by atoms with E-state index in [2.05, 4.69) is 19.2 Å². The molecule has 7 nitrogen and oxygen atoms in total. The lowest BCUT2D eigenvalue weighted by Gasteiger charge is -2.35. The zero-order chi connectivity index (χ0) is 21.1. The highest BCUT2D eigenvalue weighted by molar-refractivity contribution is 5.96.